The van der Waals surface area contributed by atoms with E-state index in [1.165, 1.54) is 6.20 Å². The summed E-state index contributed by atoms with van der Waals surface area (Å²) < 4.78 is 6.95. The number of nitrogens with zero attached hydrogens (tertiary/aromatic N) is 4. The topological polar surface area (TPSA) is 73.8 Å². The number of fused-ring (bicyclic) bond motifs is 1. The molecule has 0 radical (unpaired) electrons. The predicted octanol–water partition coefficient (Wildman–Crippen LogP) is 3.15. The number of aromatic nitrogens is 4. The van der Waals surface area contributed by atoms with Crippen LogP contribution in [0.25, 0.3) is 22.3 Å². The third-order valence-electron chi connectivity index (χ3n) is 3.63. The van der Waals surface area contributed by atoms with E-state index in [0.29, 0.717) is 33.2 Å². The van der Waals surface area contributed by atoms with Gasteiger partial charge in [0.15, 0.2) is 0 Å². The lowest BCUT2D eigenvalue weighted by molar-refractivity contribution is 0.367. The Kier molecular flexibility index (Phi) is 3.59. The van der Waals surface area contributed by atoms with Crippen molar-refractivity contribution in [1.82, 2.24) is 19.9 Å². The van der Waals surface area contributed by atoms with Gasteiger partial charge in [0.05, 0.1) is 16.7 Å². The fourth-order valence-electron chi connectivity index (χ4n) is 2.49. The predicted molar refractivity (Wildman–Crippen MR) is 89.8 cm³/mol. The molecule has 0 spiro atoms. The molecule has 0 aliphatic heterocycles. The van der Waals surface area contributed by atoms with Crippen LogP contribution in [0.5, 0.6) is 0 Å². The fraction of sp³-hybridized carbons (Fsp3) is 0.0588. The van der Waals surface area contributed by atoms with Crippen LogP contribution in [0.1, 0.15) is 5.89 Å². The average Bonchev–Trinajstić information content (AvgIpc) is 3.06. The summed E-state index contributed by atoms with van der Waals surface area (Å²) in [6.07, 6.45) is 1.29. The molecule has 0 aliphatic carbocycles. The molecule has 4 rings (SSSR count). The van der Waals surface area contributed by atoms with Crippen LogP contribution in [-0.2, 0) is 6.54 Å². The molecule has 24 heavy (non-hydrogen) atoms. The first-order valence-corrected chi connectivity index (χ1v) is 7.62. The average molecular weight is 339 g/mol. The van der Waals surface area contributed by atoms with E-state index in [0.717, 1.165) is 0 Å². The van der Waals surface area contributed by atoms with E-state index in [9.17, 15) is 4.79 Å². The molecular formula is C17H11ClN4O2. The molecule has 2 aromatic carbocycles. The van der Waals surface area contributed by atoms with Crippen molar-refractivity contribution in [3.63, 3.8) is 0 Å². The first-order valence-electron chi connectivity index (χ1n) is 7.25. The molecule has 0 saturated heterocycles. The highest BCUT2D eigenvalue weighted by Gasteiger charge is 2.13. The summed E-state index contributed by atoms with van der Waals surface area (Å²) in [5.74, 6) is 0.798. The smallest absolute Gasteiger partial charge is 0.248 e. The van der Waals surface area contributed by atoms with Gasteiger partial charge in [-0.2, -0.15) is 10.1 Å². The normalized spacial score (nSPS) is 11.0. The number of hydrogen-bond donors (Lipinski definition) is 0. The maximum Gasteiger partial charge on any atom is 0.248 e. The molecule has 0 bridgehead atoms. The van der Waals surface area contributed by atoms with Gasteiger partial charge in [0.2, 0.25) is 17.1 Å². The Morgan fingerprint density at radius 1 is 1.08 bits per heavy atom. The zero-order chi connectivity index (χ0) is 16.5. The second kappa shape index (κ2) is 5.90. The van der Waals surface area contributed by atoms with Gasteiger partial charge in [0.25, 0.3) is 0 Å². The molecule has 0 atom stereocenters. The van der Waals surface area contributed by atoms with Gasteiger partial charge in [-0.25, -0.2) is 0 Å². The van der Waals surface area contributed by atoms with E-state index in [1.807, 2.05) is 36.4 Å². The summed E-state index contributed by atoms with van der Waals surface area (Å²) in [5, 5.41) is 9.27. The monoisotopic (exact) mass is 338 g/mol. The van der Waals surface area contributed by atoms with Crippen molar-refractivity contribution in [2.45, 2.75) is 6.54 Å². The van der Waals surface area contributed by atoms with Gasteiger partial charge in [0, 0.05) is 10.9 Å². The quantitative estimate of drug-likeness (QED) is 0.573. The Labute approximate surface area is 141 Å². The minimum absolute atomic E-state index is 0.121. The van der Waals surface area contributed by atoms with Crippen LogP contribution >= 0.6 is 11.6 Å². The Hall–Kier alpha value is -2.99. The number of para-hydroxylation sites is 1. The first-order chi connectivity index (χ1) is 11.7. The second-order valence-electron chi connectivity index (χ2n) is 5.18. The van der Waals surface area contributed by atoms with Crippen LogP contribution in [0.3, 0.4) is 0 Å². The number of benzene rings is 2. The molecule has 2 heterocycles. The highest BCUT2D eigenvalue weighted by Crippen LogP contribution is 2.25. The zero-order valence-electron chi connectivity index (χ0n) is 12.4. The summed E-state index contributed by atoms with van der Waals surface area (Å²) in [6, 6.07) is 14.5. The van der Waals surface area contributed by atoms with Crippen LogP contribution in [0.4, 0.5) is 0 Å². The van der Waals surface area contributed by atoms with Crippen molar-refractivity contribution < 1.29 is 4.52 Å². The fourth-order valence-corrected chi connectivity index (χ4v) is 2.71. The molecule has 118 valence electrons. The number of rotatable bonds is 3. The number of halogens is 1. The van der Waals surface area contributed by atoms with Gasteiger partial charge >= 0.3 is 0 Å². The van der Waals surface area contributed by atoms with Crippen molar-refractivity contribution in [3.8, 4) is 11.4 Å². The highest BCUT2D eigenvalue weighted by molar-refractivity contribution is 6.33. The molecule has 6 nitrogen and oxygen atoms in total. The lowest BCUT2D eigenvalue weighted by Crippen LogP contribution is -2.13. The molecule has 0 fully saturated rings. The maximum atomic E-state index is 11.9. The van der Waals surface area contributed by atoms with Crippen molar-refractivity contribution in [1.29, 1.82) is 0 Å². The van der Waals surface area contributed by atoms with Crippen LogP contribution < -0.4 is 5.43 Å². The summed E-state index contributed by atoms with van der Waals surface area (Å²) in [4.78, 5) is 16.2. The SMILES string of the molecule is O=c1cnn(Cc2nc(-c3ccccc3Cl)no2)c2ccccc12. The van der Waals surface area contributed by atoms with E-state index in [4.69, 9.17) is 16.1 Å². The Balaban J connectivity index is 1.72. The van der Waals surface area contributed by atoms with Crippen molar-refractivity contribution >= 4 is 22.5 Å². The lowest BCUT2D eigenvalue weighted by atomic mass is 10.2. The maximum absolute atomic E-state index is 11.9. The van der Waals surface area contributed by atoms with Crippen molar-refractivity contribution in [3.05, 3.63) is 75.9 Å². The van der Waals surface area contributed by atoms with E-state index < -0.39 is 0 Å². The Morgan fingerprint density at radius 2 is 1.88 bits per heavy atom. The molecule has 0 saturated carbocycles. The third-order valence-corrected chi connectivity index (χ3v) is 3.96. The summed E-state index contributed by atoms with van der Waals surface area (Å²) in [6.45, 7) is 0.262. The van der Waals surface area contributed by atoms with Crippen molar-refractivity contribution in [2.75, 3.05) is 0 Å². The van der Waals surface area contributed by atoms with Crippen molar-refractivity contribution in [2.24, 2.45) is 0 Å². The molecule has 2 aromatic heterocycles. The van der Waals surface area contributed by atoms with Crippen LogP contribution in [0.15, 0.2) is 64.0 Å². The van der Waals surface area contributed by atoms with E-state index in [-0.39, 0.29) is 12.0 Å². The molecule has 0 aliphatic rings. The molecule has 0 amide bonds. The Morgan fingerprint density at radius 3 is 2.75 bits per heavy atom. The largest absolute Gasteiger partial charge is 0.337 e. The summed E-state index contributed by atoms with van der Waals surface area (Å²) >= 11 is 6.15. The van der Waals surface area contributed by atoms with Gasteiger partial charge < -0.3 is 4.52 Å². The van der Waals surface area contributed by atoms with Crippen LogP contribution in [-0.4, -0.2) is 19.9 Å². The lowest BCUT2D eigenvalue weighted by Gasteiger charge is -2.05. The molecule has 0 unspecified atom stereocenters. The van der Waals surface area contributed by atoms with Crippen LogP contribution in [0, 0.1) is 0 Å². The number of hydrogen-bond acceptors (Lipinski definition) is 5. The van der Waals surface area contributed by atoms with Gasteiger partial charge in [0.1, 0.15) is 6.54 Å². The summed E-state index contributed by atoms with van der Waals surface area (Å²) in [7, 11) is 0. The Bertz CT molecular complexity index is 1090. The molecule has 0 N–H and O–H groups in total. The molecular weight excluding hydrogens is 328 g/mol. The second-order valence-corrected chi connectivity index (χ2v) is 5.58. The highest BCUT2D eigenvalue weighted by atomic mass is 35.5. The standard InChI is InChI=1S/C17H11ClN4O2/c18-13-7-3-1-5-11(13)17-20-16(24-21-17)10-22-14-8-4-2-6-12(14)15(23)9-19-22/h1-9H,10H2. The van der Waals surface area contributed by atoms with Gasteiger partial charge in [-0.15, -0.1) is 0 Å². The first kappa shape index (κ1) is 14.6. The van der Waals surface area contributed by atoms with E-state index >= 15 is 0 Å². The van der Waals surface area contributed by atoms with Gasteiger partial charge in [-0.3, -0.25) is 9.48 Å². The van der Waals surface area contributed by atoms with Gasteiger partial charge in [-0.1, -0.05) is 41.0 Å². The minimum Gasteiger partial charge on any atom is -0.337 e. The van der Waals surface area contributed by atoms with Gasteiger partial charge in [-0.05, 0) is 24.3 Å². The third kappa shape index (κ3) is 2.57. The molecule has 4 aromatic rings. The van der Waals surface area contributed by atoms with Crippen LogP contribution in [0.2, 0.25) is 5.02 Å². The minimum atomic E-state index is -0.121. The van der Waals surface area contributed by atoms with E-state index in [1.54, 1.807) is 16.8 Å². The summed E-state index contributed by atoms with van der Waals surface area (Å²) in [5.41, 5.74) is 1.29. The van der Waals surface area contributed by atoms with E-state index in [2.05, 4.69) is 15.2 Å². The molecule has 7 heteroatoms. The zero-order valence-corrected chi connectivity index (χ0v) is 13.1.